The van der Waals surface area contributed by atoms with Crippen LogP contribution in [0.1, 0.15) is 21.5 Å². The van der Waals surface area contributed by atoms with Crippen LogP contribution in [0.3, 0.4) is 0 Å². The van der Waals surface area contributed by atoms with Gasteiger partial charge in [0.15, 0.2) is 17.4 Å². The van der Waals surface area contributed by atoms with Gasteiger partial charge in [0.1, 0.15) is 12.4 Å². The van der Waals surface area contributed by atoms with Gasteiger partial charge in [-0.2, -0.15) is 0 Å². The molecule has 0 aliphatic carbocycles. The van der Waals surface area contributed by atoms with E-state index in [4.69, 9.17) is 4.74 Å². The summed E-state index contributed by atoms with van der Waals surface area (Å²) in [5.74, 6) is -2.39. The third kappa shape index (κ3) is 2.04. The summed E-state index contributed by atoms with van der Waals surface area (Å²) in [4.78, 5) is 12.3. The van der Waals surface area contributed by atoms with Gasteiger partial charge in [-0.3, -0.25) is 4.79 Å². The zero-order chi connectivity index (χ0) is 13.6. The first-order valence-corrected chi connectivity index (χ1v) is 6.30. The fraction of sp³-hybridized carbons (Fsp3) is 0.0714. The second kappa shape index (κ2) is 4.42. The number of hydrogen-bond acceptors (Lipinski definition) is 2. The molecule has 96 valence electrons. The van der Waals surface area contributed by atoms with Crippen molar-refractivity contribution in [3.63, 3.8) is 0 Å². The lowest BCUT2D eigenvalue weighted by atomic mass is 9.99. The monoisotopic (exact) mass is 324 g/mol. The number of ether oxygens (including phenoxy) is 1. The normalized spacial score (nSPS) is 13.3. The van der Waals surface area contributed by atoms with E-state index in [0.29, 0.717) is 11.1 Å². The summed E-state index contributed by atoms with van der Waals surface area (Å²) in [6.45, 7) is 0.137. The summed E-state index contributed by atoms with van der Waals surface area (Å²) >= 11 is 3.31. The second-order valence-corrected chi connectivity index (χ2v) is 5.10. The van der Waals surface area contributed by atoms with Crippen molar-refractivity contribution in [2.24, 2.45) is 0 Å². The number of carbonyl (C=O) groups is 1. The smallest absolute Gasteiger partial charge is 0.197 e. The highest BCUT2D eigenvalue weighted by Gasteiger charge is 2.24. The Labute approximate surface area is 116 Å². The first-order valence-electron chi connectivity index (χ1n) is 5.51. The largest absolute Gasteiger partial charge is 0.488 e. The topological polar surface area (TPSA) is 26.3 Å². The molecule has 3 rings (SSSR count). The number of ketones is 1. The molecule has 0 fully saturated rings. The molecule has 0 aromatic heterocycles. The maximum absolute atomic E-state index is 13.3. The molecule has 19 heavy (non-hydrogen) atoms. The van der Waals surface area contributed by atoms with Crippen LogP contribution in [0.15, 0.2) is 34.8 Å². The molecule has 0 amide bonds. The molecule has 0 unspecified atom stereocenters. The highest BCUT2D eigenvalue weighted by Crippen LogP contribution is 2.31. The quantitative estimate of drug-likeness (QED) is 0.735. The molecule has 0 bridgehead atoms. The Morgan fingerprint density at radius 2 is 1.79 bits per heavy atom. The summed E-state index contributed by atoms with van der Waals surface area (Å²) in [6.07, 6.45) is 0. The molecule has 0 spiro atoms. The van der Waals surface area contributed by atoms with Crippen LogP contribution in [0.4, 0.5) is 8.78 Å². The van der Waals surface area contributed by atoms with Gasteiger partial charge in [0.2, 0.25) is 0 Å². The zero-order valence-corrected chi connectivity index (χ0v) is 11.1. The summed E-state index contributed by atoms with van der Waals surface area (Å²) in [5.41, 5.74) is 1.16. The van der Waals surface area contributed by atoms with Gasteiger partial charge in [-0.05, 0) is 24.3 Å². The molecule has 0 saturated heterocycles. The highest BCUT2D eigenvalue weighted by molar-refractivity contribution is 9.10. The Kier molecular flexibility index (Phi) is 2.86. The Balaban J connectivity index is 2.20. The molecule has 2 nitrogen and oxygen atoms in total. The van der Waals surface area contributed by atoms with Crippen LogP contribution in [0.2, 0.25) is 0 Å². The van der Waals surface area contributed by atoms with Crippen molar-refractivity contribution in [1.82, 2.24) is 0 Å². The fourth-order valence-electron chi connectivity index (χ4n) is 2.03. The summed E-state index contributed by atoms with van der Waals surface area (Å²) in [5, 5.41) is 0. The second-order valence-electron chi connectivity index (χ2n) is 4.18. The van der Waals surface area contributed by atoms with E-state index in [2.05, 4.69) is 15.9 Å². The standard InChI is InChI=1S/C14H7BrF2O2/c15-8-1-2-9-7(3-8)6-19-13-5-12(17)11(16)4-10(13)14(9)18/h1-5H,6H2. The molecule has 2 aromatic carbocycles. The van der Waals surface area contributed by atoms with Gasteiger partial charge in [0, 0.05) is 21.7 Å². The van der Waals surface area contributed by atoms with E-state index in [1.807, 2.05) is 0 Å². The highest BCUT2D eigenvalue weighted by atomic mass is 79.9. The summed E-state index contributed by atoms with van der Waals surface area (Å²) < 4.78 is 32.6. The van der Waals surface area contributed by atoms with Crippen molar-refractivity contribution in [2.75, 3.05) is 0 Å². The predicted octanol–water partition coefficient (Wildman–Crippen LogP) is 3.85. The van der Waals surface area contributed by atoms with Gasteiger partial charge in [-0.25, -0.2) is 8.78 Å². The van der Waals surface area contributed by atoms with Gasteiger partial charge in [0.05, 0.1) is 5.56 Å². The van der Waals surface area contributed by atoms with E-state index >= 15 is 0 Å². The lowest BCUT2D eigenvalue weighted by Crippen LogP contribution is -2.03. The van der Waals surface area contributed by atoms with Crippen LogP contribution in [-0.2, 0) is 6.61 Å². The minimum absolute atomic E-state index is 0.0416. The molecule has 1 heterocycles. The minimum Gasteiger partial charge on any atom is -0.488 e. The lowest BCUT2D eigenvalue weighted by Gasteiger charge is -2.06. The molecule has 0 radical (unpaired) electrons. The molecule has 1 aliphatic heterocycles. The Bertz CT molecular complexity index is 698. The van der Waals surface area contributed by atoms with Crippen LogP contribution >= 0.6 is 15.9 Å². The molecule has 0 atom stereocenters. The molecule has 1 aliphatic rings. The van der Waals surface area contributed by atoms with Crippen LogP contribution in [-0.4, -0.2) is 5.78 Å². The third-order valence-corrected chi connectivity index (χ3v) is 3.46. The van der Waals surface area contributed by atoms with Crippen LogP contribution in [0.25, 0.3) is 0 Å². The molecular formula is C14H7BrF2O2. The van der Waals surface area contributed by atoms with E-state index in [9.17, 15) is 13.6 Å². The van der Waals surface area contributed by atoms with E-state index in [1.165, 1.54) is 0 Å². The van der Waals surface area contributed by atoms with Crippen LogP contribution in [0, 0.1) is 11.6 Å². The van der Waals surface area contributed by atoms with Crippen molar-refractivity contribution in [3.05, 3.63) is 63.1 Å². The maximum Gasteiger partial charge on any atom is 0.197 e. The number of fused-ring (bicyclic) bond motifs is 2. The SMILES string of the molecule is O=C1c2ccc(Br)cc2COc2cc(F)c(F)cc21. The van der Waals surface area contributed by atoms with Gasteiger partial charge >= 0.3 is 0 Å². The average Bonchev–Trinajstić information content (AvgIpc) is 2.50. The Morgan fingerprint density at radius 3 is 2.58 bits per heavy atom. The van der Waals surface area contributed by atoms with Crippen molar-refractivity contribution in [1.29, 1.82) is 0 Å². The van der Waals surface area contributed by atoms with E-state index in [0.717, 1.165) is 16.6 Å². The van der Waals surface area contributed by atoms with Crippen LogP contribution in [0.5, 0.6) is 5.75 Å². The molecule has 5 heteroatoms. The van der Waals surface area contributed by atoms with E-state index in [-0.39, 0.29) is 23.7 Å². The van der Waals surface area contributed by atoms with Gasteiger partial charge in [0.25, 0.3) is 0 Å². The summed E-state index contributed by atoms with van der Waals surface area (Å²) in [7, 11) is 0. The zero-order valence-electron chi connectivity index (χ0n) is 9.54. The van der Waals surface area contributed by atoms with E-state index in [1.54, 1.807) is 18.2 Å². The van der Waals surface area contributed by atoms with Gasteiger partial charge in [-0.15, -0.1) is 0 Å². The fourth-order valence-corrected chi connectivity index (χ4v) is 2.44. The van der Waals surface area contributed by atoms with Gasteiger partial charge < -0.3 is 4.74 Å². The minimum atomic E-state index is -1.06. The number of hydrogen-bond donors (Lipinski definition) is 0. The number of benzene rings is 2. The number of rotatable bonds is 0. The molecule has 0 saturated carbocycles. The molecular weight excluding hydrogens is 318 g/mol. The van der Waals surface area contributed by atoms with E-state index < -0.39 is 11.6 Å². The Hall–Kier alpha value is -1.75. The lowest BCUT2D eigenvalue weighted by molar-refractivity contribution is 0.103. The molecule has 2 aromatic rings. The summed E-state index contributed by atoms with van der Waals surface area (Å²) in [6, 6.07) is 6.91. The maximum atomic E-state index is 13.3. The van der Waals surface area contributed by atoms with Crippen molar-refractivity contribution >= 4 is 21.7 Å². The van der Waals surface area contributed by atoms with Crippen molar-refractivity contribution in [2.45, 2.75) is 6.61 Å². The predicted molar refractivity (Wildman–Crippen MR) is 68.3 cm³/mol. The van der Waals surface area contributed by atoms with Crippen molar-refractivity contribution < 1.29 is 18.3 Å². The molecule has 0 N–H and O–H groups in total. The number of halogens is 3. The first-order chi connectivity index (χ1) is 9.06. The average molecular weight is 325 g/mol. The van der Waals surface area contributed by atoms with Crippen molar-refractivity contribution in [3.8, 4) is 5.75 Å². The third-order valence-electron chi connectivity index (χ3n) is 2.96. The first kappa shape index (κ1) is 12.3. The Morgan fingerprint density at radius 1 is 1.05 bits per heavy atom. The van der Waals surface area contributed by atoms with Gasteiger partial charge in [-0.1, -0.05) is 15.9 Å². The van der Waals surface area contributed by atoms with Crippen LogP contribution < -0.4 is 4.74 Å². The number of carbonyl (C=O) groups excluding carboxylic acids is 1.